The molecule has 120 valence electrons. The molecule has 3 heteroatoms. The minimum atomic E-state index is 0.00524. The number of ether oxygens (including phenoxy) is 1. The van der Waals surface area contributed by atoms with Gasteiger partial charge in [-0.05, 0) is 57.7 Å². The van der Waals surface area contributed by atoms with Crippen molar-refractivity contribution < 1.29 is 9.84 Å². The smallest absolute Gasteiger partial charge is 0.125 e. The SMILES string of the molecule is CC(C)CC(C)(C)NCc1ccc(OC(C)C)c(CO)c1. The van der Waals surface area contributed by atoms with Gasteiger partial charge in [-0.2, -0.15) is 0 Å². The van der Waals surface area contributed by atoms with Crippen LogP contribution in [-0.4, -0.2) is 16.7 Å². The van der Waals surface area contributed by atoms with Crippen LogP contribution in [0.2, 0.25) is 0 Å². The number of aliphatic hydroxyl groups is 1. The van der Waals surface area contributed by atoms with Crippen molar-refractivity contribution in [1.82, 2.24) is 5.32 Å². The van der Waals surface area contributed by atoms with Gasteiger partial charge in [0.2, 0.25) is 0 Å². The van der Waals surface area contributed by atoms with E-state index in [1.165, 1.54) is 5.56 Å². The van der Waals surface area contributed by atoms with Gasteiger partial charge in [-0.25, -0.2) is 0 Å². The monoisotopic (exact) mass is 293 g/mol. The Bertz CT molecular complexity index is 439. The van der Waals surface area contributed by atoms with Gasteiger partial charge < -0.3 is 15.2 Å². The Morgan fingerprint density at radius 2 is 1.86 bits per heavy atom. The Morgan fingerprint density at radius 3 is 2.38 bits per heavy atom. The number of hydrogen-bond donors (Lipinski definition) is 2. The van der Waals surface area contributed by atoms with Crippen LogP contribution >= 0.6 is 0 Å². The van der Waals surface area contributed by atoms with E-state index in [4.69, 9.17) is 4.74 Å². The number of aliphatic hydroxyl groups excluding tert-OH is 1. The molecule has 0 fully saturated rings. The van der Waals surface area contributed by atoms with Crippen LogP contribution in [-0.2, 0) is 13.2 Å². The average molecular weight is 293 g/mol. The number of hydrogen-bond acceptors (Lipinski definition) is 3. The van der Waals surface area contributed by atoms with Crippen molar-refractivity contribution in [2.75, 3.05) is 0 Å². The number of benzene rings is 1. The molecule has 0 atom stereocenters. The highest BCUT2D eigenvalue weighted by molar-refractivity contribution is 5.37. The van der Waals surface area contributed by atoms with Crippen molar-refractivity contribution in [2.24, 2.45) is 5.92 Å². The van der Waals surface area contributed by atoms with Crippen molar-refractivity contribution in [3.8, 4) is 5.75 Å². The quantitative estimate of drug-likeness (QED) is 0.764. The van der Waals surface area contributed by atoms with Gasteiger partial charge in [0, 0.05) is 17.6 Å². The van der Waals surface area contributed by atoms with Gasteiger partial charge in [0.1, 0.15) is 5.75 Å². The van der Waals surface area contributed by atoms with E-state index in [9.17, 15) is 5.11 Å². The number of nitrogens with one attached hydrogen (secondary N) is 1. The molecule has 1 aromatic rings. The summed E-state index contributed by atoms with van der Waals surface area (Å²) >= 11 is 0. The molecule has 0 aliphatic heterocycles. The van der Waals surface area contributed by atoms with Crippen molar-refractivity contribution >= 4 is 0 Å². The molecular weight excluding hydrogens is 262 g/mol. The van der Waals surface area contributed by atoms with Crippen LogP contribution in [0, 0.1) is 5.92 Å². The summed E-state index contributed by atoms with van der Waals surface area (Å²) in [6, 6.07) is 6.05. The molecule has 0 aliphatic carbocycles. The fourth-order valence-electron chi connectivity index (χ4n) is 2.67. The largest absolute Gasteiger partial charge is 0.491 e. The van der Waals surface area contributed by atoms with Crippen LogP contribution in [0.15, 0.2) is 18.2 Å². The van der Waals surface area contributed by atoms with Gasteiger partial charge in [-0.3, -0.25) is 0 Å². The molecule has 21 heavy (non-hydrogen) atoms. The first-order chi connectivity index (χ1) is 9.73. The Hall–Kier alpha value is -1.06. The highest BCUT2D eigenvalue weighted by Gasteiger charge is 2.18. The van der Waals surface area contributed by atoms with Gasteiger partial charge in [0.15, 0.2) is 0 Å². The van der Waals surface area contributed by atoms with Gasteiger partial charge in [-0.15, -0.1) is 0 Å². The normalized spacial score (nSPS) is 12.2. The Kier molecular flexibility index (Phi) is 6.69. The zero-order valence-corrected chi connectivity index (χ0v) is 14.4. The Morgan fingerprint density at radius 1 is 1.19 bits per heavy atom. The summed E-state index contributed by atoms with van der Waals surface area (Å²) in [5, 5.41) is 13.1. The Labute approximate surface area is 129 Å². The van der Waals surface area contributed by atoms with E-state index in [1.807, 2.05) is 26.0 Å². The second kappa shape index (κ2) is 7.81. The van der Waals surface area contributed by atoms with Crippen LogP contribution in [0.1, 0.15) is 59.1 Å². The van der Waals surface area contributed by atoms with E-state index in [0.29, 0.717) is 5.92 Å². The molecular formula is C18H31NO2. The van der Waals surface area contributed by atoms with E-state index >= 15 is 0 Å². The van der Waals surface area contributed by atoms with Gasteiger partial charge in [0.25, 0.3) is 0 Å². The van der Waals surface area contributed by atoms with E-state index in [1.54, 1.807) is 0 Å². The zero-order valence-electron chi connectivity index (χ0n) is 14.4. The van der Waals surface area contributed by atoms with E-state index < -0.39 is 0 Å². The predicted molar refractivity (Wildman–Crippen MR) is 88.5 cm³/mol. The van der Waals surface area contributed by atoms with Crippen molar-refractivity contribution in [1.29, 1.82) is 0 Å². The van der Waals surface area contributed by atoms with E-state index in [0.717, 1.165) is 24.3 Å². The summed E-state index contributed by atoms with van der Waals surface area (Å²) in [7, 11) is 0. The molecule has 0 unspecified atom stereocenters. The third-order valence-corrected chi connectivity index (χ3v) is 3.35. The highest BCUT2D eigenvalue weighted by Crippen LogP contribution is 2.22. The van der Waals surface area contributed by atoms with E-state index in [-0.39, 0.29) is 18.2 Å². The number of rotatable bonds is 8. The van der Waals surface area contributed by atoms with Crippen molar-refractivity contribution in [2.45, 2.75) is 72.8 Å². The molecule has 0 saturated carbocycles. The molecule has 0 heterocycles. The fourth-order valence-corrected chi connectivity index (χ4v) is 2.67. The van der Waals surface area contributed by atoms with Crippen LogP contribution in [0.25, 0.3) is 0 Å². The maximum atomic E-state index is 9.50. The maximum absolute atomic E-state index is 9.50. The molecule has 0 spiro atoms. The lowest BCUT2D eigenvalue weighted by Gasteiger charge is -2.28. The molecule has 0 aromatic heterocycles. The first kappa shape index (κ1) is 18.0. The Balaban J connectivity index is 2.72. The second-order valence-electron chi connectivity index (χ2n) is 7.10. The van der Waals surface area contributed by atoms with Crippen molar-refractivity contribution in [3.63, 3.8) is 0 Å². The molecule has 0 radical (unpaired) electrons. The lowest BCUT2D eigenvalue weighted by atomic mass is 9.92. The standard InChI is InChI=1S/C18H31NO2/c1-13(2)10-18(5,6)19-11-15-7-8-17(21-14(3)4)16(9-15)12-20/h7-9,13-14,19-20H,10-12H2,1-6H3. The van der Waals surface area contributed by atoms with Gasteiger partial charge in [0.05, 0.1) is 12.7 Å². The third-order valence-electron chi connectivity index (χ3n) is 3.35. The summed E-state index contributed by atoms with van der Waals surface area (Å²) in [5.41, 5.74) is 2.14. The third kappa shape index (κ3) is 6.49. The average Bonchev–Trinajstić information content (AvgIpc) is 2.35. The molecule has 3 nitrogen and oxygen atoms in total. The molecule has 0 bridgehead atoms. The summed E-state index contributed by atoms with van der Waals surface area (Å²) < 4.78 is 5.71. The van der Waals surface area contributed by atoms with Crippen LogP contribution in [0.5, 0.6) is 5.75 Å². The molecule has 0 saturated heterocycles. The highest BCUT2D eigenvalue weighted by atomic mass is 16.5. The second-order valence-corrected chi connectivity index (χ2v) is 7.10. The van der Waals surface area contributed by atoms with Gasteiger partial charge in [-0.1, -0.05) is 19.9 Å². The fraction of sp³-hybridized carbons (Fsp3) is 0.667. The lowest BCUT2D eigenvalue weighted by Crippen LogP contribution is -2.39. The summed E-state index contributed by atoms with van der Waals surface area (Å²) in [6.07, 6.45) is 1.25. The first-order valence-corrected chi connectivity index (χ1v) is 7.88. The van der Waals surface area contributed by atoms with Crippen LogP contribution < -0.4 is 10.1 Å². The minimum absolute atomic E-state index is 0.00524. The minimum Gasteiger partial charge on any atom is -0.491 e. The lowest BCUT2D eigenvalue weighted by molar-refractivity contribution is 0.225. The summed E-state index contributed by atoms with van der Waals surface area (Å²) in [4.78, 5) is 0. The molecule has 1 rings (SSSR count). The van der Waals surface area contributed by atoms with Gasteiger partial charge >= 0.3 is 0 Å². The summed E-state index contributed by atoms with van der Waals surface area (Å²) in [6.45, 7) is 13.7. The predicted octanol–water partition coefficient (Wildman–Crippen LogP) is 3.88. The molecule has 1 aromatic carbocycles. The molecule has 0 amide bonds. The topological polar surface area (TPSA) is 41.5 Å². The van der Waals surface area contributed by atoms with E-state index in [2.05, 4.69) is 39.1 Å². The zero-order chi connectivity index (χ0) is 16.0. The summed E-state index contributed by atoms with van der Waals surface area (Å²) in [5.74, 6) is 1.44. The molecule has 0 aliphatic rings. The maximum Gasteiger partial charge on any atom is 0.125 e. The van der Waals surface area contributed by atoms with Crippen LogP contribution in [0.4, 0.5) is 0 Å². The first-order valence-electron chi connectivity index (χ1n) is 7.88. The van der Waals surface area contributed by atoms with Crippen LogP contribution in [0.3, 0.4) is 0 Å². The molecule has 2 N–H and O–H groups in total. The van der Waals surface area contributed by atoms with Crippen molar-refractivity contribution in [3.05, 3.63) is 29.3 Å².